The Morgan fingerprint density at radius 3 is 2.72 bits per heavy atom. The third-order valence-electron chi connectivity index (χ3n) is 4.28. The third-order valence-corrected chi connectivity index (χ3v) is 5.60. The molecule has 5 nitrogen and oxygen atoms in total. The van der Waals surface area contributed by atoms with Crippen LogP contribution in [0.5, 0.6) is 0 Å². The number of thioether (sulfide) groups is 1. The number of carbonyl (C=O) groups is 2. The Balaban J connectivity index is 2.22. The van der Waals surface area contributed by atoms with E-state index >= 15 is 0 Å². The SMILES string of the molecule is COCCNC(=O)C1CSC(CC(C)C)N1C(=O)c1ccccc1C. The fourth-order valence-electron chi connectivity index (χ4n) is 2.97. The molecule has 0 aliphatic carbocycles. The van der Waals surface area contributed by atoms with Gasteiger partial charge in [-0.3, -0.25) is 9.59 Å². The van der Waals surface area contributed by atoms with E-state index in [1.54, 1.807) is 23.8 Å². The Morgan fingerprint density at radius 1 is 1.36 bits per heavy atom. The predicted octanol–water partition coefficient (Wildman–Crippen LogP) is 2.69. The lowest BCUT2D eigenvalue weighted by Crippen LogP contribution is -2.50. The van der Waals surface area contributed by atoms with E-state index in [9.17, 15) is 9.59 Å². The number of benzene rings is 1. The summed E-state index contributed by atoms with van der Waals surface area (Å²) in [5.74, 6) is 0.937. The molecule has 0 radical (unpaired) electrons. The number of amides is 2. The highest BCUT2D eigenvalue weighted by molar-refractivity contribution is 8.00. The lowest BCUT2D eigenvalue weighted by Gasteiger charge is -2.30. The number of aryl methyl sites for hydroxylation is 1. The molecule has 2 rings (SSSR count). The molecule has 2 amide bonds. The molecule has 0 bridgehead atoms. The minimum atomic E-state index is -0.433. The fourth-order valence-corrected chi connectivity index (χ4v) is 4.61. The number of nitrogens with one attached hydrogen (secondary N) is 1. The number of ether oxygens (including phenoxy) is 1. The molecule has 0 saturated carbocycles. The summed E-state index contributed by atoms with van der Waals surface area (Å²) in [6.45, 7) is 7.14. The highest BCUT2D eigenvalue weighted by Gasteiger charge is 2.42. The van der Waals surface area contributed by atoms with Crippen molar-refractivity contribution in [2.75, 3.05) is 26.0 Å². The quantitative estimate of drug-likeness (QED) is 0.756. The maximum atomic E-state index is 13.2. The van der Waals surface area contributed by atoms with Crippen molar-refractivity contribution in [1.29, 1.82) is 0 Å². The average Bonchev–Trinajstić information content (AvgIpc) is 2.97. The molecule has 2 unspecified atom stereocenters. The van der Waals surface area contributed by atoms with E-state index in [1.807, 2.05) is 31.2 Å². The van der Waals surface area contributed by atoms with Crippen LogP contribution in [0.15, 0.2) is 24.3 Å². The van der Waals surface area contributed by atoms with E-state index < -0.39 is 6.04 Å². The maximum absolute atomic E-state index is 13.2. The lowest BCUT2D eigenvalue weighted by molar-refractivity contribution is -0.125. The van der Waals surface area contributed by atoms with Crippen LogP contribution in [-0.4, -0.2) is 54.1 Å². The summed E-state index contributed by atoms with van der Waals surface area (Å²) in [6.07, 6.45) is 0.879. The van der Waals surface area contributed by atoms with E-state index in [2.05, 4.69) is 19.2 Å². The second-order valence-corrected chi connectivity index (χ2v) is 7.96. The molecule has 1 aliphatic rings. The zero-order chi connectivity index (χ0) is 18.4. The summed E-state index contributed by atoms with van der Waals surface area (Å²) < 4.78 is 4.99. The molecule has 138 valence electrons. The van der Waals surface area contributed by atoms with Gasteiger partial charge < -0.3 is 15.0 Å². The smallest absolute Gasteiger partial charge is 0.255 e. The second kappa shape index (κ2) is 9.25. The van der Waals surface area contributed by atoms with Crippen LogP contribution >= 0.6 is 11.8 Å². The van der Waals surface area contributed by atoms with Gasteiger partial charge in [-0.1, -0.05) is 32.0 Å². The molecule has 6 heteroatoms. The van der Waals surface area contributed by atoms with Crippen molar-refractivity contribution in [3.05, 3.63) is 35.4 Å². The van der Waals surface area contributed by atoms with Gasteiger partial charge in [-0.25, -0.2) is 0 Å². The Hall–Kier alpha value is -1.53. The van der Waals surface area contributed by atoms with E-state index in [-0.39, 0.29) is 17.2 Å². The first-order chi connectivity index (χ1) is 12.0. The highest BCUT2D eigenvalue weighted by Crippen LogP contribution is 2.35. The molecule has 0 aromatic heterocycles. The van der Waals surface area contributed by atoms with Crippen molar-refractivity contribution in [3.8, 4) is 0 Å². The van der Waals surface area contributed by atoms with Crippen LogP contribution in [0.2, 0.25) is 0 Å². The molecule has 2 atom stereocenters. The van der Waals surface area contributed by atoms with Crippen LogP contribution in [0.1, 0.15) is 36.2 Å². The first kappa shape index (κ1) is 19.8. The molecular formula is C19H28N2O3S. The second-order valence-electron chi connectivity index (χ2n) is 6.74. The topological polar surface area (TPSA) is 58.6 Å². The van der Waals surface area contributed by atoms with Crippen molar-refractivity contribution < 1.29 is 14.3 Å². The van der Waals surface area contributed by atoms with Crippen LogP contribution < -0.4 is 5.32 Å². The van der Waals surface area contributed by atoms with E-state index in [4.69, 9.17) is 4.74 Å². The molecule has 25 heavy (non-hydrogen) atoms. The average molecular weight is 365 g/mol. The number of methoxy groups -OCH3 is 1. The van der Waals surface area contributed by atoms with Crippen LogP contribution in [0.25, 0.3) is 0 Å². The summed E-state index contributed by atoms with van der Waals surface area (Å²) in [5.41, 5.74) is 1.61. The number of hydrogen-bond donors (Lipinski definition) is 1. The van der Waals surface area contributed by atoms with Gasteiger partial charge >= 0.3 is 0 Å². The van der Waals surface area contributed by atoms with Crippen molar-refractivity contribution in [3.63, 3.8) is 0 Å². The van der Waals surface area contributed by atoms with Crippen LogP contribution in [0.4, 0.5) is 0 Å². The van der Waals surface area contributed by atoms with Gasteiger partial charge in [-0.15, -0.1) is 11.8 Å². The first-order valence-corrected chi connectivity index (χ1v) is 9.77. The molecule has 1 aromatic carbocycles. The van der Waals surface area contributed by atoms with E-state index in [0.29, 0.717) is 30.4 Å². The van der Waals surface area contributed by atoms with Crippen LogP contribution in [0, 0.1) is 12.8 Å². The Bertz CT molecular complexity index is 606. The monoisotopic (exact) mass is 364 g/mol. The molecule has 1 fully saturated rings. The maximum Gasteiger partial charge on any atom is 0.255 e. The zero-order valence-electron chi connectivity index (χ0n) is 15.5. The zero-order valence-corrected chi connectivity index (χ0v) is 16.3. The lowest BCUT2D eigenvalue weighted by atomic mass is 10.0. The minimum absolute atomic E-state index is 0.0327. The van der Waals surface area contributed by atoms with Gasteiger partial charge in [0.2, 0.25) is 5.91 Å². The standard InChI is InChI=1S/C19H28N2O3S/c1-13(2)11-17-21(19(23)15-8-6-5-7-14(15)3)16(12-25-17)18(22)20-9-10-24-4/h5-8,13,16-17H,9-12H2,1-4H3,(H,20,22). The van der Waals surface area contributed by atoms with E-state index in [0.717, 1.165) is 12.0 Å². The highest BCUT2D eigenvalue weighted by atomic mass is 32.2. The summed E-state index contributed by atoms with van der Waals surface area (Å²) >= 11 is 1.70. The van der Waals surface area contributed by atoms with Gasteiger partial charge in [0.15, 0.2) is 0 Å². The molecule has 1 aromatic rings. The Labute approximate surface area is 154 Å². The summed E-state index contributed by atoms with van der Waals surface area (Å²) in [4.78, 5) is 27.6. The number of carbonyl (C=O) groups excluding carboxylic acids is 2. The number of hydrogen-bond acceptors (Lipinski definition) is 4. The molecule has 0 spiro atoms. The van der Waals surface area contributed by atoms with Crippen molar-refractivity contribution >= 4 is 23.6 Å². The largest absolute Gasteiger partial charge is 0.383 e. The van der Waals surface area contributed by atoms with E-state index in [1.165, 1.54) is 0 Å². The fraction of sp³-hybridized carbons (Fsp3) is 0.579. The van der Waals surface area contributed by atoms with Gasteiger partial charge in [0, 0.05) is 25.0 Å². The van der Waals surface area contributed by atoms with Crippen LogP contribution in [-0.2, 0) is 9.53 Å². The Kier molecular flexibility index (Phi) is 7.32. The molecule has 1 saturated heterocycles. The van der Waals surface area contributed by atoms with Gasteiger partial charge in [-0.2, -0.15) is 0 Å². The van der Waals surface area contributed by atoms with Gasteiger partial charge in [0.1, 0.15) is 6.04 Å². The molecule has 1 N–H and O–H groups in total. The van der Waals surface area contributed by atoms with Gasteiger partial charge in [0.25, 0.3) is 5.91 Å². The molecular weight excluding hydrogens is 336 g/mol. The Morgan fingerprint density at radius 2 is 2.08 bits per heavy atom. The van der Waals surface area contributed by atoms with Crippen molar-refractivity contribution in [2.45, 2.75) is 38.6 Å². The normalized spacial score (nSPS) is 20.1. The number of rotatable bonds is 7. The first-order valence-electron chi connectivity index (χ1n) is 8.72. The van der Waals surface area contributed by atoms with Gasteiger partial charge in [0.05, 0.1) is 12.0 Å². The minimum Gasteiger partial charge on any atom is -0.383 e. The number of nitrogens with zero attached hydrogens (tertiary/aromatic N) is 1. The summed E-state index contributed by atoms with van der Waals surface area (Å²) in [7, 11) is 1.60. The predicted molar refractivity (Wildman–Crippen MR) is 102 cm³/mol. The summed E-state index contributed by atoms with van der Waals surface area (Å²) in [6, 6.07) is 7.13. The van der Waals surface area contributed by atoms with Crippen LogP contribution in [0.3, 0.4) is 0 Å². The van der Waals surface area contributed by atoms with Crippen molar-refractivity contribution in [2.24, 2.45) is 5.92 Å². The molecule has 1 heterocycles. The van der Waals surface area contributed by atoms with Crippen molar-refractivity contribution in [1.82, 2.24) is 10.2 Å². The summed E-state index contributed by atoms with van der Waals surface area (Å²) in [5, 5.41) is 2.91. The molecule has 1 aliphatic heterocycles. The van der Waals surface area contributed by atoms with Gasteiger partial charge in [-0.05, 0) is 30.9 Å². The third kappa shape index (κ3) is 4.98.